The molecule has 0 amide bonds. The van der Waals surface area contributed by atoms with E-state index in [-0.39, 0.29) is 5.56 Å². The molecule has 0 saturated heterocycles. The summed E-state index contributed by atoms with van der Waals surface area (Å²) in [5, 5.41) is 21.4. The van der Waals surface area contributed by atoms with Crippen molar-refractivity contribution in [2.75, 3.05) is 33.4 Å². The third kappa shape index (κ3) is 6.51. The molecule has 1 unspecified atom stereocenters. The minimum atomic E-state index is -0.972. The number of nitrogens with one attached hydrogen (secondary N) is 1. The number of carboxylic acids is 1. The second-order valence-corrected chi connectivity index (χ2v) is 4.33. The van der Waals surface area contributed by atoms with Crippen LogP contribution >= 0.6 is 0 Å². The highest BCUT2D eigenvalue weighted by molar-refractivity contribution is 5.87. The van der Waals surface area contributed by atoms with Crippen molar-refractivity contribution in [2.45, 2.75) is 12.5 Å². The van der Waals surface area contributed by atoms with Gasteiger partial charge in [0.05, 0.1) is 18.3 Å². The van der Waals surface area contributed by atoms with E-state index >= 15 is 0 Å². The SMILES string of the molecule is COCC(O)CCNCCOc1cccc(C(=O)O)c1. The summed E-state index contributed by atoms with van der Waals surface area (Å²) in [5.41, 5.74) is 0.207. The highest BCUT2D eigenvalue weighted by Crippen LogP contribution is 2.12. The van der Waals surface area contributed by atoms with Crippen molar-refractivity contribution in [3.63, 3.8) is 0 Å². The van der Waals surface area contributed by atoms with Crippen molar-refractivity contribution in [1.82, 2.24) is 5.32 Å². The average molecular weight is 283 g/mol. The van der Waals surface area contributed by atoms with Crippen LogP contribution in [0.5, 0.6) is 5.75 Å². The minimum Gasteiger partial charge on any atom is -0.492 e. The van der Waals surface area contributed by atoms with E-state index in [0.29, 0.717) is 38.5 Å². The molecular weight excluding hydrogens is 262 g/mol. The third-order valence-corrected chi connectivity index (χ3v) is 2.64. The van der Waals surface area contributed by atoms with Gasteiger partial charge in [0.2, 0.25) is 0 Å². The van der Waals surface area contributed by atoms with Gasteiger partial charge in [0.25, 0.3) is 0 Å². The molecule has 0 aromatic heterocycles. The summed E-state index contributed by atoms with van der Waals surface area (Å²) < 4.78 is 10.3. The molecule has 1 rings (SSSR count). The Hall–Kier alpha value is -1.63. The van der Waals surface area contributed by atoms with Gasteiger partial charge in [-0.05, 0) is 31.2 Å². The van der Waals surface area contributed by atoms with E-state index in [1.165, 1.54) is 12.1 Å². The molecule has 0 spiro atoms. The lowest BCUT2D eigenvalue weighted by molar-refractivity contribution is 0.0593. The van der Waals surface area contributed by atoms with E-state index in [1.807, 2.05) is 0 Å². The molecule has 0 aliphatic heterocycles. The van der Waals surface area contributed by atoms with E-state index in [0.717, 1.165) is 0 Å². The number of aromatic carboxylic acids is 1. The Bertz CT molecular complexity index is 410. The van der Waals surface area contributed by atoms with E-state index in [9.17, 15) is 9.90 Å². The third-order valence-electron chi connectivity index (χ3n) is 2.64. The Labute approximate surface area is 118 Å². The van der Waals surface area contributed by atoms with Crippen molar-refractivity contribution < 1.29 is 24.5 Å². The normalized spacial score (nSPS) is 12.1. The number of methoxy groups -OCH3 is 1. The Morgan fingerprint density at radius 3 is 2.90 bits per heavy atom. The van der Waals surface area contributed by atoms with Gasteiger partial charge in [0.1, 0.15) is 12.4 Å². The number of aliphatic hydroxyl groups is 1. The maximum atomic E-state index is 10.8. The largest absolute Gasteiger partial charge is 0.492 e. The highest BCUT2D eigenvalue weighted by Gasteiger charge is 2.04. The Balaban J connectivity index is 2.15. The molecule has 0 fully saturated rings. The number of aliphatic hydroxyl groups excluding tert-OH is 1. The summed E-state index contributed by atoms with van der Waals surface area (Å²) >= 11 is 0. The minimum absolute atomic E-state index is 0.207. The van der Waals surface area contributed by atoms with Crippen LogP contribution in [0.3, 0.4) is 0 Å². The maximum Gasteiger partial charge on any atom is 0.335 e. The molecule has 3 N–H and O–H groups in total. The van der Waals surface area contributed by atoms with Crippen molar-refractivity contribution >= 4 is 5.97 Å². The van der Waals surface area contributed by atoms with Gasteiger partial charge >= 0.3 is 5.97 Å². The first-order valence-electron chi connectivity index (χ1n) is 6.47. The summed E-state index contributed by atoms with van der Waals surface area (Å²) in [6, 6.07) is 6.37. The van der Waals surface area contributed by atoms with E-state index < -0.39 is 12.1 Å². The van der Waals surface area contributed by atoms with Crippen LogP contribution in [-0.4, -0.2) is 55.7 Å². The molecule has 1 aromatic rings. The zero-order valence-electron chi connectivity index (χ0n) is 11.5. The maximum absolute atomic E-state index is 10.8. The van der Waals surface area contributed by atoms with Crippen LogP contribution < -0.4 is 10.1 Å². The number of carbonyl (C=O) groups is 1. The molecule has 0 saturated carbocycles. The van der Waals surface area contributed by atoms with Crippen LogP contribution in [0.25, 0.3) is 0 Å². The molecule has 0 aliphatic rings. The molecule has 0 heterocycles. The van der Waals surface area contributed by atoms with Gasteiger partial charge in [0, 0.05) is 13.7 Å². The van der Waals surface area contributed by atoms with Crippen LogP contribution in [-0.2, 0) is 4.74 Å². The van der Waals surface area contributed by atoms with Gasteiger partial charge in [-0.15, -0.1) is 0 Å². The summed E-state index contributed by atoms with van der Waals surface area (Å²) in [6.07, 6.45) is 0.156. The van der Waals surface area contributed by atoms with Gasteiger partial charge in [-0.1, -0.05) is 6.07 Å². The predicted molar refractivity (Wildman–Crippen MR) is 74.3 cm³/mol. The second-order valence-electron chi connectivity index (χ2n) is 4.33. The van der Waals surface area contributed by atoms with Gasteiger partial charge in [-0.25, -0.2) is 4.79 Å². The predicted octanol–water partition coefficient (Wildman–Crippen LogP) is 0.751. The van der Waals surface area contributed by atoms with Crippen LogP contribution in [0.2, 0.25) is 0 Å². The Kier molecular flexibility index (Phi) is 7.64. The van der Waals surface area contributed by atoms with E-state index in [2.05, 4.69) is 5.32 Å². The summed E-state index contributed by atoms with van der Waals surface area (Å²) in [4.78, 5) is 10.8. The number of ether oxygens (including phenoxy) is 2. The smallest absolute Gasteiger partial charge is 0.335 e. The molecule has 0 bridgehead atoms. The number of benzene rings is 1. The van der Waals surface area contributed by atoms with Gasteiger partial charge in [-0.2, -0.15) is 0 Å². The molecule has 1 aromatic carbocycles. The summed E-state index contributed by atoms with van der Waals surface area (Å²) in [6.45, 7) is 2.06. The molecule has 20 heavy (non-hydrogen) atoms. The summed E-state index contributed by atoms with van der Waals surface area (Å²) in [7, 11) is 1.55. The van der Waals surface area contributed by atoms with Crippen molar-refractivity contribution in [1.29, 1.82) is 0 Å². The van der Waals surface area contributed by atoms with Gasteiger partial charge in [-0.3, -0.25) is 0 Å². The number of hydrogen-bond donors (Lipinski definition) is 3. The van der Waals surface area contributed by atoms with Crippen LogP contribution in [0.4, 0.5) is 0 Å². The zero-order valence-corrected chi connectivity index (χ0v) is 11.5. The fourth-order valence-electron chi connectivity index (χ4n) is 1.63. The highest BCUT2D eigenvalue weighted by atomic mass is 16.5. The second kappa shape index (κ2) is 9.30. The van der Waals surface area contributed by atoms with Crippen LogP contribution in [0, 0.1) is 0 Å². The molecule has 0 radical (unpaired) electrons. The fourth-order valence-corrected chi connectivity index (χ4v) is 1.63. The first kappa shape index (κ1) is 16.4. The van der Waals surface area contributed by atoms with Gasteiger partial charge < -0.3 is 25.0 Å². The number of hydrogen-bond acceptors (Lipinski definition) is 5. The molecule has 6 nitrogen and oxygen atoms in total. The monoisotopic (exact) mass is 283 g/mol. The van der Waals surface area contributed by atoms with E-state index in [1.54, 1.807) is 19.2 Å². The first-order chi connectivity index (χ1) is 9.63. The lowest BCUT2D eigenvalue weighted by Gasteiger charge is -2.11. The van der Waals surface area contributed by atoms with Crippen molar-refractivity contribution in [3.05, 3.63) is 29.8 Å². The number of carboxylic acid groups (broad SMARTS) is 1. The molecule has 0 aliphatic carbocycles. The summed E-state index contributed by atoms with van der Waals surface area (Å²) in [5.74, 6) is -0.438. The lowest BCUT2D eigenvalue weighted by Crippen LogP contribution is -2.26. The quantitative estimate of drug-likeness (QED) is 0.549. The lowest BCUT2D eigenvalue weighted by atomic mass is 10.2. The molecule has 112 valence electrons. The number of rotatable bonds is 10. The fraction of sp³-hybridized carbons (Fsp3) is 0.500. The van der Waals surface area contributed by atoms with Crippen LogP contribution in [0.1, 0.15) is 16.8 Å². The van der Waals surface area contributed by atoms with E-state index in [4.69, 9.17) is 14.6 Å². The Morgan fingerprint density at radius 1 is 1.40 bits per heavy atom. The topological polar surface area (TPSA) is 88.0 Å². The average Bonchev–Trinajstić information content (AvgIpc) is 2.43. The molecule has 6 heteroatoms. The van der Waals surface area contributed by atoms with Crippen molar-refractivity contribution in [2.24, 2.45) is 0 Å². The van der Waals surface area contributed by atoms with Crippen molar-refractivity contribution in [3.8, 4) is 5.75 Å². The standard InChI is InChI=1S/C14H21NO5/c1-19-10-12(16)5-6-15-7-8-20-13-4-2-3-11(9-13)14(17)18/h2-4,9,12,15-16H,5-8,10H2,1H3,(H,17,18). The Morgan fingerprint density at radius 2 is 2.20 bits per heavy atom. The van der Waals surface area contributed by atoms with Crippen LogP contribution in [0.15, 0.2) is 24.3 Å². The molecule has 1 atom stereocenters. The van der Waals surface area contributed by atoms with Gasteiger partial charge in [0.15, 0.2) is 0 Å². The zero-order chi connectivity index (χ0) is 14.8. The first-order valence-corrected chi connectivity index (χ1v) is 6.47. The molecular formula is C14H21NO5.